The predicted octanol–water partition coefficient (Wildman–Crippen LogP) is 11.7. The molecule has 7 aromatic carbocycles. The Morgan fingerprint density at radius 3 is 1.69 bits per heavy atom. The number of hydrogen-bond donors (Lipinski definition) is 0. The van der Waals surface area contributed by atoms with Crippen LogP contribution in [0.2, 0.25) is 0 Å². The summed E-state index contributed by atoms with van der Waals surface area (Å²) < 4.78 is 0. The molecule has 2 heterocycles. The topological polar surface area (TPSA) is 51.6 Å². The van der Waals surface area contributed by atoms with Crippen LogP contribution in [0.3, 0.4) is 0 Å². The molecule has 0 N–H and O–H groups in total. The molecule has 2 atom stereocenters. The Labute approximate surface area is 313 Å². The Balaban J connectivity index is 1.14. The van der Waals surface area contributed by atoms with E-state index in [1.165, 1.54) is 50.1 Å². The molecule has 0 saturated heterocycles. The third kappa shape index (κ3) is 4.84. The molecule has 2 aromatic heterocycles. The van der Waals surface area contributed by atoms with Crippen LogP contribution >= 0.6 is 0 Å². The van der Waals surface area contributed by atoms with Crippen molar-refractivity contribution < 1.29 is 0 Å². The molecule has 0 amide bonds. The van der Waals surface area contributed by atoms with Gasteiger partial charge in [0.15, 0.2) is 11.6 Å². The number of hydrogen-bond acceptors (Lipinski definition) is 4. The van der Waals surface area contributed by atoms with Crippen molar-refractivity contribution in [3.05, 3.63) is 216 Å². The minimum Gasteiger partial charge on any atom is -0.248 e. The second kappa shape index (κ2) is 12.3. The molecule has 0 fully saturated rings. The van der Waals surface area contributed by atoms with E-state index in [4.69, 9.17) is 19.9 Å². The molecule has 252 valence electrons. The normalized spacial score (nSPS) is 15.0. The summed E-state index contributed by atoms with van der Waals surface area (Å²) in [5.41, 5.74) is 16.3. The zero-order chi connectivity index (χ0) is 35.6. The molecule has 0 spiro atoms. The number of para-hydroxylation sites is 1. The summed E-state index contributed by atoms with van der Waals surface area (Å²) in [7, 11) is 0. The van der Waals surface area contributed by atoms with Crippen LogP contribution in [0.1, 0.15) is 45.5 Å². The summed E-state index contributed by atoms with van der Waals surface area (Å²) in [5, 5.41) is 1.12. The van der Waals surface area contributed by atoms with E-state index in [-0.39, 0.29) is 11.8 Å². The van der Waals surface area contributed by atoms with Crippen molar-refractivity contribution in [3.8, 4) is 56.3 Å². The van der Waals surface area contributed by atoms with Gasteiger partial charge in [-0.1, -0.05) is 164 Å². The molecule has 2 unspecified atom stereocenters. The van der Waals surface area contributed by atoms with Gasteiger partial charge in [0.1, 0.15) is 5.82 Å². The lowest BCUT2D eigenvalue weighted by Gasteiger charge is -2.22. The highest BCUT2D eigenvalue weighted by Crippen LogP contribution is 2.57. The van der Waals surface area contributed by atoms with Crippen LogP contribution < -0.4 is 0 Å². The van der Waals surface area contributed by atoms with Gasteiger partial charge >= 0.3 is 0 Å². The molecular weight excluding hydrogens is 657 g/mol. The van der Waals surface area contributed by atoms with Crippen LogP contribution in [-0.2, 0) is 0 Å². The number of fused-ring (bicyclic) bond motifs is 8. The minimum absolute atomic E-state index is 0.0881. The molecule has 0 bridgehead atoms. The van der Waals surface area contributed by atoms with Gasteiger partial charge in [0.2, 0.25) is 0 Å². The lowest BCUT2D eigenvalue weighted by Crippen LogP contribution is -2.12. The van der Waals surface area contributed by atoms with Gasteiger partial charge in [-0.25, -0.2) is 19.9 Å². The maximum atomic E-state index is 5.42. The maximum absolute atomic E-state index is 5.42. The monoisotopic (exact) mass is 688 g/mol. The lowest BCUT2D eigenvalue weighted by atomic mass is 9.82. The first-order valence-corrected chi connectivity index (χ1v) is 18.5. The first-order valence-electron chi connectivity index (χ1n) is 18.5. The van der Waals surface area contributed by atoms with Crippen LogP contribution in [-0.4, -0.2) is 19.9 Å². The van der Waals surface area contributed by atoms with Gasteiger partial charge in [0, 0.05) is 28.0 Å². The van der Waals surface area contributed by atoms with E-state index in [1.807, 2.05) is 30.3 Å². The van der Waals surface area contributed by atoms with Gasteiger partial charge in [0.05, 0.1) is 17.1 Å². The van der Waals surface area contributed by atoms with E-state index in [2.05, 4.69) is 152 Å². The van der Waals surface area contributed by atoms with Crippen molar-refractivity contribution in [2.75, 3.05) is 0 Å². The van der Waals surface area contributed by atoms with Crippen LogP contribution in [0, 0.1) is 0 Å². The number of rotatable bonds is 5. The molecule has 0 saturated carbocycles. The molecule has 11 rings (SSSR count). The van der Waals surface area contributed by atoms with E-state index < -0.39 is 0 Å². The van der Waals surface area contributed by atoms with Crippen LogP contribution in [0.5, 0.6) is 0 Å². The quantitative estimate of drug-likeness (QED) is 0.181. The van der Waals surface area contributed by atoms with E-state index in [0.29, 0.717) is 11.6 Å². The smallest absolute Gasteiger partial charge is 0.163 e. The fourth-order valence-electron chi connectivity index (χ4n) is 8.70. The molecular formula is C50H32N4. The summed E-state index contributed by atoms with van der Waals surface area (Å²) in [4.78, 5) is 21.0. The Morgan fingerprint density at radius 2 is 0.926 bits per heavy atom. The third-order valence-electron chi connectivity index (χ3n) is 11.1. The molecule has 9 aromatic rings. The largest absolute Gasteiger partial charge is 0.248 e. The highest BCUT2D eigenvalue weighted by atomic mass is 15.0. The predicted molar refractivity (Wildman–Crippen MR) is 217 cm³/mol. The van der Waals surface area contributed by atoms with Crippen molar-refractivity contribution >= 4 is 10.9 Å². The van der Waals surface area contributed by atoms with Gasteiger partial charge in [0.25, 0.3) is 0 Å². The summed E-state index contributed by atoms with van der Waals surface area (Å²) in [6, 6.07) is 64.4. The lowest BCUT2D eigenvalue weighted by molar-refractivity contribution is 0.839. The van der Waals surface area contributed by atoms with Crippen molar-refractivity contribution in [2.45, 2.75) is 11.8 Å². The maximum Gasteiger partial charge on any atom is 0.163 e. The second-order valence-corrected chi connectivity index (χ2v) is 14.1. The molecule has 0 radical (unpaired) electrons. The van der Waals surface area contributed by atoms with Crippen LogP contribution in [0.25, 0.3) is 67.2 Å². The highest BCUT2D eigenvalue weighted by molar-refractivity contribution is 5.91. The van der Waals surface area contributed by atoms with Crippen molar-refractivity contribution in [1.29, 1.82) is 0 Å². The Morgan fingerprint density at radius 1 is 0.352 bits per heavy atom. The van der Waals surface area contributed by atoms with E-state index in [0.717, 1.165) is 39.1 Å². The SMILES string of the molecule is c1ccc(-c2nc(-c3cccc(-c4ccc5ccccc5n4)c3)nc(C3c4ccccc4-c4ccc5c(c43)C(c3ccccc3)c3ccccc3-5)n2)cc1. The van der Waals surface area contributed by atoms with Crippen molar-refractivity contribution in [3.63, 3.8) is 0 Å². The summed E-state index contributed by atoms with van der Waals surface area (Å²) in [6.45, 7) is 0. The fourth-order valence-corrected chi connectivity index (χ4v) is 8.70. The number of nitrogens with zero attached hydrogens (tertiary/aromatic N) is 4. The second-order valence-electron chi connectivity index (χ2n) is 14.1. The van der Waals surface area contributed by atoms with Crippen molar-refractivity contribution in [2.24, 2.45) is 0 Å². The van der Waals surface area contributed by atoms with Gasteiger partial charge in [-0.15, -0.1) is 0 Å². The summed E-state index contributed by atoms with van der Waals surface area (Å²) in [6.07, 6.45) is 0. The fraction of sp³-hybridized carbons (Fsp3) is 0.0400. The molecule has 0 aliphatic heterocycles. The van der Waals surface area contributed by atoms with E-state index >= 15 is 0 Å². The molecule has 54 heavy (non-hydrogen) atoms. The zero-order valence-corrected chi connectivity index (χ0v) is 29.3. The minimum atomic E-state index is -0.193. The Bertz CT molecular complexity index is 2900. The zero-order valence-electron chi connectivity index (χ0n) is 29.3. The van der Waals surface area contributed by atoms with E-state index in [1.54, 1.807) is 0 Å². The van der Waals surface area contributed by atoms with E-state index in [9.17, 15) is 0 Å². The van der Waals surface area contributed by atoms with Gasteiger partial charge < -0.3 is 0 Å². The van der Waals surface area contributed by atoms with Gasteiger partial charge in [-0.05, 0) is 68.3 Å². The van der Waals surface area contributed by atoms with Gasteiger partial charge in [-0.2, -0.15) is 0 Å². The number of benzene rings is 7. The molecule has 2 aliphatic carbocycles. The average molecular weight is 689 g/mol. The first-order chi connectivity index (χ1) is 26.8. The van der Waals surface area contributed by atoms with Gasteiger partial charge in [-0.3, -0.25) is 0 Å². The molecule has 2 aliphatic rings. The Hall–Kier alpha value is -7.04. The third-order valence-corrected chi connectivity index (χ3v) is 11.1. The number of aromatic nitrogens is 4. The van der Waals surface area contributed by atoms with Crippen LogP contribution in [0.15, 0.2) is 182 Å². The standard InChI is InChI=1S/C50H32N4/c1-3-15-32(16-4-1)44-38-23-10-8-21-36(38)40-27-28-41-37-22-9-11-24-39(37)47(46(41)45(40)44)50-53-48(33-17-5-2-6-18-33)52-49(54-50)35-20-13-19-34(30-35)43-29-26-31-14-7-12-25-42(31)51-43/h1-30,44,47H. The van der Waals surface area contributed by atoms with Crippen molar-refractivity contribution in [1.82, 2.24) is 19.9 Å². The summed E-state index contributed by atoms with van der Waals surface area (Å²) >= 11 is 0. The Kier molecular flexibility index (Phi) is 6.96. The number of pyridine rings is 1. The van der Waals surface area contributed by atoms with Crippen LogP contribution in [0.4, 0.5) is 0 Å². The molecule has 4 nitrogen and oxygen atoms in total. The average Bonchev–Trinajstić information content (AvgIpc) is 3.77. The highest BCUT2D eigenvalue weighted by Gasteiger charge is 2.41. The molecule has 4 heteroatoms. The first kappa shape index (κ1) is 30.6. The summed E-state index contributed by atoms with van der Waals surface area (Å²) in [5.74, 6) is 1.94.